The van der Waals surface area contributed by atoms with Crippen molar-refractivity contribution >= 4 is 11.3 Å². The molecule has 0 aliphatic rings. The van der Waals surface area contributed by atoms with Crippen LogP contribution in [0.15, 0.2) is 35.3 Å². The first-order chi connectivity index (χ1) is 11.5. The highest BCUT2D eigenvalue weighted by Gasteiger charge is 2.12. The molecule has 0 spiro atoms. The molecule has 0 aliphatic carbocycles. The third-order valence-electron chi connectivity index (χ3n) is 3.91. The SMILES string of the molecule is COc1c(C)cnc(Cn2nc(-c3ccc(C)s3)ccc2=O)c1C. The Labute approximate surface area is 144 Å². The Hall–Kier alpha value is -2.47. The summed E-state index contributed by atoms with van der Waals surface area (Å²) in [6.07, 6.45) is 1.76. The number of pyridine rings is 1. The number of aryl methyl sites for hydroxylation is 2. The van der Waals surface area contributed by atoms with Gasteiger partial charge in [-0.1, -0.05) is 0 Å². The summed E-state index contributed by atoms with van der Waals surface area (Å²) < 4.78 is 6.89. The van der Waals surface area contributed by atoms with E-state index in [9.17, 15) is 4.79 Å². The van der Waals surface area contributed by atoms with Crippen molar-refractivity contribution in [1.82, 2.24) is 14.8 Å². The van der Waals surface area contributed by atoms with Gasteiger partial charge in [0.1, 0.15) is 11.4 Å². The van der Waals surface area contributed by atoms with Gasteiger partial charge in [-0.25, -0.2) is 4.68 Å². The summed E-state index contributed by atoms with van der Waals surface area (Å²) in [5, 5.41) is 4.50. The van der Waals surface area contributed by atoms with Gasteiger partial charge in [0.05, 0.1) is 24.2 Å². The molecule has 24 heavy (non-hydrogen) atoms. The largest absolute Gasteiger partial charge is 0.496 e. The molecule has 0 saturated heterocycles. The van der Waals surface area contributed by atoms with Gasteiger partial charge in [-0.05, 0) is 39.0 Å². The molecule has 0 fully saturated rings. The predicted molar refractivity (Wildman–Crippen MR) is 95.9 cm³/mol. The van der Waals surface area contributed by atoms with E-state index < -0.39 is 0 Å². The molecule has 0 bridgehead atoms. The number of rotatable bonds is 4. The van der Waals surface area contributed by atoms with Gasteiger partial charge in [0.2, 0.25) is 0 Å². The minimum Gasteiger partial charge on any atom is -0.496 e. The lowest BCUT2D eigenvalue weighted by molar-refractivity contribution is 0.406. The van der Waals surface area contributed by atoms with Crippen LogP contribution in [-0.2, 0) is 6.54 Å². The Morgan fingerprint density at radius 2 is 1.96 bits per heavy atom. The maximum atomic E-state index is 12.2. The highest BCUT2D eigenvalue weighted by atomic mass is 32.1. The third-order valence-corrected chi connectivity index (χ3v) is 4.93. The normalized spacial score (nSPS) is 10.8. The molecule has 3 heterocycles. The van der Waals surface area contributed by atoms with Gasteiger partial charge >= 0.3 is 0 Å². The Morgan fingerprint density at radius 3 is 2.62 bits per heavy atom. The van der Waals surface area contributed by atoms with Crippen molar-refractivity contribution in [2.24, 2.45) is 0 Å². The summed E-state index contributed by atoms with van der Waals surface area (Å²) in [7, 11) is 1.64. The minimum atomic E-state index is -0.146. The third kappa shape index (κ3) is 3.10. The minimum absolute atomic E-state index is 0.146. The number of hydrogen-bond acceptors (Lipinski definition) is 5. The van der Waals surface area contributed by atoms with Crippen LogP contribution >= 0.6 is 11.3 Å². The molecule has 0 radical (unpaired) electrons. The number of thiophene rings is 1. The average molecular weight is 341 g/mol. The lowest BCUT2D eigenvalue weighted by Gasteiger charge is -2.13. The van der Waals surface area contributed by atoms with Gasteiger partial charge in [0.15, 0.2) is 0 Å². The smallest absolute Gasteiger partial charge is 0.267 e. The monoisotopic (exact) mass is 341 g/mol. The van der Waals surface area contributed by atoms with Crippen LogP contribution in [0.3, 0.4) is 0 Å². The highest BCUT2D eigenvalue weighted by molar-refractivity contribution is 7.15. The van der Waals surface area contributed by atoms with Crippen molar-refractivity contribution in [3.63, 3.8) is 0 Å². The van der Waals surface area contributed by atoms with Crippen LogP contribution in [0.1, 0.15) is 21.7 Å². The summed E-state index contributed by atoms with van der Waals surface area (Å²) >= 11 is 1.66. The summed E-state index contributed by atoms with van der Waals surface area (Å²) in [5.41, 5.74) is 3.34. The van der Waals surface area contributed by atoms with Crippen LogP contribution in [-0.4, -0.2) is 21.9 Å². The molecule has 0 aliphatic heterocycles. The zero-order valence-corrected chi connectivity index (χ0v) is 15.0. The van der Waals surface area contributed by atoms with E-state index in [0.717, 1.165) is 33.1 Å². The molecule has 5 nitrogen and oxygen atoms in total. The fourth-order valence-electron chi connectivity index (χ4n) is 2.64. The topological polar surface area (TPSA) is 57.0 Å². The molecule has 0 atom stereocenters. The Bertz CT molecular complexity index is 944. The predicted octanol–water partition coefficient (Wildman–Crippen LogP) is 3.35. The molecule has 3 rings (SSSR count). The van der Waals surface area contributed by atoms with Crippen LogP contribution in [0.4, 0.5) is 0 Å². The number of aromatic nitrogens is 3. The first-order valence-corrected chi connectivity index (χ1v) is 8.45. The van der Waals surface area contributed by atoms with Gasteiger partial charge in [-0.3, -0.25) is 9.78 Å². The van der Waals surface area contributed by atoms with Crippen LogP contribution in [0.2, 0.25) is 0 Å². The Morgan fingerprint density at radius 1 is 1.17 bits per heavy atom. The quantitative estimate of drug-likeness (QED) is 0.730. The van der Waals surface area contributed by atoms with Crippen molar-refractivity contribution < 1.29 is 4.74 Å². The second-order valence-corrected chi connectivity index (χ2v) is 6.96. The molecular weight excluding hydrogens is 322 g/mol. The average Bonchev–Trinajstić information content (AvgIpc) is 2.99. The molecular formula is C18H19N3O2S. The second kappa shape index (κ2) is 6.57. The zero-order chi connectivity index (χ0) is 17.3. The first-order valence-electron chi connectivity index (χ1n) is 7.63. The van der Waals surface area contributed by atoms with Crippen LogP contribution < -0.4 is 10.3 Å². The van der Waals surface area contributed by atoms with Gasteiger partial charge in [-0.2, -0.15) is 5.10 Å². The Balaban J connectivity index is 2.00. The molecule has 0 saturated carbocycles. The van der Waals surface area contributed by atoms with Crippen LogP contribution in [0.25, 0.3) is 10.6 Å². The van der Waals surface area contributed by atoms with E-state index in [1.807, 2.05) is 26.0 Å². The number of nitrogens with zero attached hydrogens (tertiary/aromatic N) is 3. The van der Waals surface area contributed by atoms with E-state index in [0.29, 0.717) is 6.54 Å². The molecule has 6 heteroatoms. The van der Waals surface area contributed by atoms with Gasteiger partial charge < -0.3 is 4.74 Å². The van der Waals surface area contributed by atoms with E-state index in [4.69, 9.17) is 4.74 Å². The molecule has 0 unspecified atom stereocenters. The first kappa shape index (κ1) is 16.4. The van der Waals surface area contributed by atoms with Gasteiger partial charge in [-0.15, -0.1) is 11.3 Å². The fraction of sp³-hybridized carbons (Fsp3) is 0.278. The number of methoxy groups -OCH3 is 1. The van der Waals surface area contributed by atoms with Crippen molar-refractivity contribution in [1.29, 1.82) is 0 Å². The van der Waals surface area contributed by atoms with E-state index in [1.54, 1.807) is 36.8 Å². The number of ether oxygens (including phenoxy) is 1. The summed E-state index contributed by atoms with van der Waals surface area (Å²) in [4.78, 5) is 18.9. The number of hydrogen-bond donors (Lipinski definition) is 0. The molecule has 124 valence electrons. The molecule has 0 amide bonds. The maximum absolute atomic E-state index is 12.2. The lowest BCUT2D eigenvalue weighted by Crippen LogP contribution is -2.23. The lowest BCUT2D eigenvalue weighted by atomic mass is 10.1. The summed E-state index contributed by atoms with van der Waals surface area (Å²) in [6, 6.07) is 7.39. The van der Waals surface area contributed by atoms with Gasteiger partial charge in [0, 0.05) is 28.3 Å². The molecule has 0 N–H and O–H groups in total. The zero-order valence-electron chi connectivity index (χ0n) is 14.2. The van der Waals surface area contributed by atoms with Crippen LogP contribution in [0.5, 0.6) is 5.75 Å². The van der Waals surface area contributed by atoms with Crippen molar-refractivity contribution in [3.05, 3.63) is 62.5 Å². The van der Waals surface area contributed by atoms with E-state index in [-0.39, 0.29) is 5.56 Å². The second-order valence-electron chi connectivity index (χ2n) is 5.67. The fourth-order valence-corrected chi connectivity index (χ4v) is 3.47. The highest BCUT2D eigenvalue weighted by Crippen LogP contribution is 2.26. The molecule has 3 aromatic heterocycles. The summed E-state index contributed by atoms with van der Waals surface area (Å²) in [6.45, 7) is 6.27. The standard InChI is InChI=1S/C18H19N3O2S/c1-11-9-19-15(13(3)18(11)23-4)10-21-17(22)8-6-14(20-21)16-7-5-12(2)24-16/h5-9H,10H2,1-4H3. The van der Waals surface area contributed by atoms with Crippen molar-refractivity contribution in [2.75, 3.05) is 7.11 Å². The van der Waals surface area contributed by atoms with Crippen LogP contribution in [0, 0.1) is 20.8 Å². The van der Waals surface area contributed by atoms with E-state index in [2.05, 4.69) is 17.0 Å². The molecule has 3 aromatic rings. The van der Waals surface area contributed by atoms with E-state index >= 15 is 0 Å². The maximum Gasteiger partial charge on any atom is 0.267 e. The van der Waals surface area contributed by atoms with Gasteiger partial charge in [0.25, 0.3) is 5.56 Å². The summed E-state index contributed by atoms with van der Waals surface area (Å²) in [5.74, 6) is 0.804. The molecule has 0 aromatic carbocycles. The Kier molecular flexibility index (Phi) is 4.49. The van der Waals surface area contributed by atoms with E-state index in [1.165, 1.54) is 9.56 Å². The van der Waals surface area contributed by atoms with Crippen molar-refractivity contribution in [2.45, 2.75) is 27.3 Å². The van der Waals surface area contributed by atoms with Crippen molar-refractivity contribution in [3.8, 4) is 16.3 Å².